The quantitative estimate of drug-likeness (QED) is 0.0226. The number of hydrogen-bond acceptors (Lipinski definition) is 9. The summed E-state index contributed by atoms with van der Waals surface area (Å²) in [6.07, 6.45) is 6.50. The summed E-state index contributed by atoms with van der Waals surface area (Å²) in [5, 5.41) is 9.57. The van der Waals surface area contributed by atoms with Crippen LogP contribution in [0.2, 0.25) is 0 Å². The number of carbonyl (C=O) groups is 2. The smallest absolute Gasteiger partial charge is 0.344 e. The van der Waals surface area contributed by atoms with Crippen molar-refractivity contribution in [1.29, 1.82) is 0 Å². The Kier molecular flexibility index (Phi) is 19.8. The van der Waals surface area contributed by atoms with E-state index in [1.54, 1.807) is 6.07 Å². The molecule has 2 aromatic rings. The van der Waals surface area contributed by atoms with Gasteiger partial charge in [0.15, 0.2) is 0 Å². The molecule has 0 heterocycles. The Labute approximate surface area is 272 Å². The highest BCUT2D eigenvalue weighted by Gasteiger charge is 2.29. The van der Waals surface area contributed by atoms with Crippen LogP contribution in [0.5, 0.6) is 5.75 Å². The van der Waals surface area contributed by atoms with E-state index in [2.05, 4.69) is 27.6 Å². The van der Waals surface area contributed by atoms with E-state index in [1.807, 2.05) is 6.92 Å². The molecule has 1 unspecified atom stereocenters. The lowest BCUT2D eigenvalue weighted by atomic mass is 10.1. The van der Waals surface area contributed by atoms with E-state index in [9.17, 15) is 31.5 Å². The number of benzene rings is 2. The van der Waals surface area contributed by atoms with Crippen LogP contribution in [0.15, 0.2) is 24.3 Å². The average molecular weight is 676 g/mol. The molecule has 47 heavy (non-hydrogen) atoms. The van der Waals surface area contributed by atoms with Crippen molar-refractivity contribution < 1.29 is 50.5 Å². The van der Waals surface area contributed by atoms with Crippen LogP contribution < -0.4 is 20.7 Å². The summed E-state index contributed by atoms with van der Waals surface area (Å²) in [5.74, 6) is -14.6. The number of carbonyl (C=O) groups excluding carboxylic acids is 2. The summed E-state index contributed by atoms with van der Waals surface area (Å²) < 4.78 is 89.5. The van der Waals surface area contributed by atoms with Gasteiger partial charge in [0.25, 0.3) is 0 Å². The maximum absolute atomic E-state index is 14.0. The van der Waals surface area contributed by atoms with Gasteiger partial charge in [-0.3, -0.25) is 15.4 Å². The van der Waals surface area contributed by atoms with Crippen LogP contribution in [0, 0.1) is 29.1 Å². The summed E-state index contributed by atoms with van der Waals surface area (Å²) in [6, 6.07) is 5.78. The van der Waals surface area contributed by atoms with Gasteiger partial charge in [0.2, 0.25) is 34.8 Å². The molecular formula is C33H46F5N3O6. The van der Waals surface area contributed by atoms with Crippen molar-refractivity contribution in [3.63, 3.8) is 0 Å². The van der Waals surface area contributed by atoms with E-state index >= 15 is 0 Å². The van der Waals surface area contributed by atoms with Crippen molar-refractivity contribution in [1.82, 2.24) is 16.0 Å². The molecule has 0 amide bonds. The van der Waals surface area contributed by atoms with E-state index in [4.69, 9.17) is 14.2 Å². The normalized spacial score (nSPS) is 11.9. The maximum atomic E-state index is 14.0. The standard InChI is InChI=1S/C33H46F5N3O6/c1-3-5-6-7-8-14-26(42)46-24(19-39-16-11-17-40-21-44-4-2)15-18-41-22-45-20-23-12-9-10-13-25(23)33(43)47-32-30(37)28(35)27(34)29(36)31(32)38/h9-10,12-13,24,39-41H,3-8,11,14-22H2,1-2H3. The molecule has 0 aromatic heterocycles. The van der Waals surface area contributed by atoms with Crippen molar-refractivity contribution in [3.05, 3.63) is 64.5 Å². The fourth-order valence-corrected chi connectivity index (χ4v) is 4.40. The third kappa shape index (κ3) is 14.6. The Balaban J connectivity index is 1.84. The molecule has 2 rings (SSSR count). The van der Waals surface area contributed by atoms with Gasteiger partial charge in [0.1, 0.15) is 6.10 Å². The summed E-state index contributed by atoms with van der Waals surface area (Å²) in [7, 11) is 0. The van der Waals surface area contributed by atoms with Gasteiger partial charge in [-0.05, 0) is 50.9 Å². The zero-order chi connectivity index (χ0) is 34.4. The number of ether oxygens (including phenoxy) is 4. The largest absolute Gasteiger partial charge is 0.461 e. The lowest BCUT2D eigenvalue weighted by molar-refractivity contribution is -0.149. The SMILES string of the molecule is CCCCCCCC(=O)OC(CCNCOCc1ccccc1C(=O)Oc1c(F)c(F)c(F)c(F)c1F)CNCCCNCOCC. The van der Waals surface area contributed by atoms with E-state index in [0.717, 1.165) is 51.6 Å². The van der Waals surface area contributed by atoms with Crippen molar-refractivity contribution >= 4 is 11.9 Å². The molecule has 0 aliphatic heterocycles. The molecule has 0 spiro atoms. The van der Waals surface area contributed by atoms with Gasteiger partial charge in [-0.2, -0.15) is 8.78 Å². The number of esters is 2. The lowest BCUT2D eigenvalue weighted by Crippen LogP contribution is -2.35. The Hall–Kier alpha value is -3.17. The first kappa shape index (κ1) is 40.0. The molecule has 0 bridgehead atoms. The number of unbranched alkanes of at least 4 members (excludes halogenated alkanes) is 4. The van der Waals surface area contributed by atoms with Gasteiger partial charge in [-0.15, -0.1) is 0 Å². The Morgan fingerprint density at radius 1 is 0.745 bits per heavy atom. The lowest BCUT2D eigenvalue weighted by Gasteiger charge is -2.19. The molecule has 0 saturated carbocycles. The average Bonchev–Trinajstić information content (AvgIpc) is 3.07. The minimum Gasteiger partial charge on any atom is -0.461 e. The van der Waals surface area contributed by atoms with Crippen LogP contribution >= 0.6 is 0 Å². The summed E-state index contributed by atoms with van der Waals surface area (Å²) in [6.45, 7) is 7.54. The van der Waals surface area contributed by atoms with Crippen LogP contribution in [0.25, 0.3) is 0 Å². The number of nitrogens with one attached hydrogen (secondary N) is 3. The second kappa shape index (κ2) is 23.2. The molecule has 3 N–H and O–H groups in total. The van der Waals surface area contributed by atoms with Gasteiger partial charge in [0, 0.05) is 26.1 Å². The number of hydrogen-bond donors (Lipinski definition) is 3. The first-order valence-corrected chi connectivity index (χ1v) is 16.0. The van der Waals surface area contributed by atoms with Gasteiger partial charge in [-0.1, -0.05) is 50.8 Å². The van der Waals surface area contributed by atoms with Crippen molar-refractivity contribution in [3.8, 4) is 5.75 Å². The van der Waals surface area contributed by atoms with Gasteiger partial charge in [0.05, 0.1) is 25.6 Å². The maximum Gasteiger partial charge on any atom is 0.344 e. The fourth-order valence-electron chi connectivity index (χ4n) is 4.40. The zero-order valence-electron chi connectivity index (χ0n) is 27.0. The van der Waals surface area contributed by atoms with Crippen LogP contribution in [0.3, 0.4) is 0 Å². The van der Waals surface area contributed by atoms with Gasteiger partial charge in [-0.25, -0.2) is 18.0 Å². The third-order valence-electron chi connectivity index (χ3n) is 6.98. The molecule has 0 radical (unpaired) electrons. The summed E-state index contributed by atoms with van der Waals surface area (Å²) in [4.78, 5) is 25.1. The molecule has 9 nitrogen and oxygen atoms in total. The van der Waals surface area contributed by atoms with E-state index < -0.39 is 40.8 Å². The van der Waals surface area contributed by atoms with E-state index in [-0.39, 0.29) is 36.5 Å². The second-order valence-corrected chi connectivity index (χ2v) is 10.7. The molecular weight excluding hydrogens is 629 g/mol. The molecule has 1 atom stereocenters. The fraction of sp³-hybridized carbons (Fsp3) is 0.576. The highest BCUT2D eigenvalue weighted by atomic mass is 19.2. The Morgan fingerprint density at radius 3 is 2.11 bits per heavy atom. The highest BCUT2D eigenvalue weighted by molar-refractivity contribution is 5.92. The second-order valence-electron chi connectivity index (χ2n) is 10.7. The molecule has 0 aliphatic rings. The third-order valence-corrected chi connectivity index (χ3v) is 6.98. The van der Waals surface area contributed by atoms with Crippen LogP contribution in [0.1, 0.15) is 81.1 Å². The minimum atomic E-state index is -2.36. The predicted molar refractivity (Wildman–Crippen MR) is 165 cm³/mol. The molecule has 14 heteroatoms. The van der Waals surface area contributed by atoms with E-state index in [0.29, 0.717) is 39.3 Å². The summed E-state index contributed by atoms with van der Waals surface area (Å²) in [5.41, 5.74) is 0.0751. The minimum absolute atomic E-state index is 0.0397. The molecule has 0 fully saturated rings. The topological polar surface area (TPSA) is 107 Å². The van der Waals surface area contributed by atoms with Crippen LogP contribution in [-0.4, -0.2) is 64.3 Å². The Bertz CT molecular complexity index is 1210. The molecule has 264 valence electrons. The monoisotopic (exact) mass is 675 g/mol. The van der Waals surface area contributed by atoms with Crippen molar-refractivity contribution in [2.24, 2.45) is 0 Å². The summed E-state index contributed by atoms with van der Waals surface area (Å²) >= 11 is 0. The zero-order valence-corrected chi connectivity index (χ0v) is 27.0. The first-order chi connectivity index (χ1) is 22.7. The molecule has 0 aliphatic carbocycles. The van der Waals surface area contributed by atoms with Crippen molar-refractivity contribution in [2.75, 3.05) is 46.2 Å². The number of rotatable bonds is 25. The van der Waals surface area contributed by atoms with Crippen molar-refractivity contribution in [2.45, 2.75) is 77.9 Å². The van der Waals surface area contributed by atoms with Gasteiger partial charge < -0.3 is 24.3 Å². The van der Waals surface area contributed by atoms with E-state index in [1.165, 1.54) is 18.2 Å². The van der Waals surface area contributed by atoms with Gasteiger partial charge >= 0.3 is 11.9 Å². The number of halogens is 5. The van der Waals surface area contributed by atoms with Crippen LogP contribution in [-0.2, 0) is 25.6 Å². The van der Waals surface area contributed by atoms with Crippen LogP contribution in [0.4, 0.5) is 22.0 Å². The molecule has 2 aromatic carbocycles. The highest BCUT2D eigenvalue weighted by Crippen LogP contribution is 2.30. The predicted octanol–water partition coefficient (Wildman–Crippen LogP) is 5.89. The molecule has 0 saturated heterocycles. The Morgan fingerprint density at radius 2 is 1.38 bits per heavy atom. The first-order valence-electron chi connectivity index (χ1n) is 16.0.